The molecule has 0 amide bonds. The standard InChI is InChI=1S/C22H21N2O4S/c1-15(25)22(23)24(14-16-7-3-2-4-8-16)29(26,27)17-11-12-21-19(13-17)18-9-5-6-10-20(18)28-21/h2-13,15,22,25H,1,14,23H2. The van der Waals surface area contributed by atoms with Crippen LogP contribution in [0.4, 0.5) is 0 Å². The van der Waals surface area contributed by atoms with E-state index in [-0.39, 0.29) is 11.4 Å². The molecule has 2 atom stereocenters. The molecule has 0 bridgehead atoms. The number of sulfonamides is 1. The van der Waals surface area contributed by atoms with Crippen molar-refractivity contribution in [2.75, 3.05) is 0 Å². The summed E-state index contributed by atoms with van der Waals surface area (Å²) < 4.78 is 33.8. The molecule has 7 heteroatoms. The quantitative estimate of drug-likeness (QED) is 0.477. The van der Waals surface area contributed by atoms with Crippen molar-refractivity contribution >= 4 is 32.0 Å². The van der Waals surface area contributed by atoms with Gasteiger partial charge < -0.3 is 15.3 Å². The number of hydrogen-bond acceptors (Lipinski definition) is 5. The average molecular weight is 409 g/mol. The van der Waals surface area contributed by atoms with Crippen LogP contribution in [-0.4, -0.2) is 30.1 Å². The van der Waals surface area contributed by atoms with E-state index in [1.807, 2.05) is 42.5 Å². The van der Waals surface area contributed by atoms with Crippen molar-refractivity contribution in [3.63, 3.8) is 0 Å². The SMILES string of the molecule is [CH2]C(O)C(N)N(Cc1ccccc1)S(=O)(=O)c1ccc2oc3ccccc3c2c1. The number of para-hydroxylation sites is 1. The van der Waals surface area contributed by atoms with Gasteiger partial charge >= 0.3 is 0 Å². The van der Waals surface area contributed by atoms with Crippen molar-refractivity contribution in [1.82, 2.24) is 4.31 Å². The van der Waals surface area contributed by atoms with Gasteiger partial charge in [0.05, 0.1) is 17.2 Å². The molecular weight excluding hydrogens is 388 g/mol. The van der Waals surface area contributed by atoms with Gasteiger partial charge in [-0.2, -0.15) is 4.31 Å². The molecule has 0 aliphatic heterocycles. The highest BCUT2D eigenvalue weighted by atomic mass is 32.2. The lowest BCUT2D eigenvalue weighted by Crippen LogP contribution is -2.51. The zero-order chi connectivity index (χ0) is 20.6. The van der Waals surface area contributed by atoms with Gasteiger partial charge in [0.15, 0.2) is 0 Å². The molecule has 4 rings (SSSR count). The number of aliphatic hydroxyl groups is 1. The molecule has 6 nitrogen and oxygen atoms in total. The number of benzene rings is 3. The zero-order valence-corrected chi connectivity index (χ0v) is 16.4. The Morgan fingerprint density at radius 2 is 1.62 bits per heavy atom. The first kappa shape index (κ1) is 19.6. The number of rotatable bonds is 6. The van der Waals surface area contributed by atoms with Crippen LogP contribution in [0, 0.1) is 6.92 Å². The lowest BCUT2D eigenvalue weighted by Gasteiger charge is -2.30. The topological polar surface area (TPSA) is 96.8 Å². The molecule has 2 unspecified atom stereocenters. The lowest BCUT2D eigenvalue weighted by atomic mass is 10.1. The molecule has 1 heterocycles. The van der Waals surface area contributed by atoms with Crippen LogP contribution in [-0.2, 0) is 16.6 Å². The van der Waals surface area contributed by atoms with Crippen LogP contribution in [0.1, 0.15) is 5.56 Å². The Labute approximate surface area is 169 Å². The number of nitrogens with zero attached hydrogens (tertiary/aromatic N) is 1. The molecule has 29 heavy (non-hydrogen) atoms. The number of furan rings is 1. The van der Waals surface area contributed by atoms with Crippen molar-refractivity contribution < 1.29 is 17.9 Å². The monoisotopic (exact) mass is 409 g/mol. The van der Waals surface area contributed by atoms with Gasteiger partial charge in [0.1, 0.15) is 11.2 Å². The summed E-state index contributed by atoms with van der Waals surface area (Å²) in [5, 5.41) is 11.4. The van der Waals surface area contributed by atoms with Gasteiger partial charge in [0.25, 0.3) is 0 Å². The van der Waals surface area contributed by atoms with E-state index in [2.05, 4.69) is 6.92 Å². The second kappa shape index (κ2) is 7.61. The number of fused-ring (bicyclic) bond motifs is 3. The minimum atomic E-state index is -4.01. The molecule has 0 fully saturated rings. The third-order valence-corrected chi connectivity index (χ3v) is 6.70. The maximum Gasteiger partial charge on any atom is 0.244 e. The van der Waals surface area contributed by atoms with E-state index in [0.29, 0.717) is 16.6 Å². The number of aliphatic hydroxyl groups excluding tert-OH is 1. The van der Waals surface area contributed by atoms with Gasteiger partial charge in [0, 0.05) is 17.3 Å². The first-order valence-corrected chi connectivity index (χ1v) is 10.6. The average Bonchev–Trinajstić information content (AvgIpc) is 3.10. The van der Waals surface area contributed by atoms with Gasteiger partial charge in [-0.15, -0.1) is 0 Å². The summed E-state index contributed by atoms with van der Waals surface area (Å²) in [5.74, 6) is 0. The van der Waals surface area contributed by atoms with E-state index in [1.54, 1.807) is 24.3 Å². The van der Waals surface area contributed by atoms with Crippen LogP contribution in [0.2, 0.25) is 0 Å². The first-order chi connectivity index (χ1) is 13.9. The third kappa shape index (κ3) is 3.65. The lowest BCUT2D eigenvalue weighted by molar-refractivity contribution is 0.125. The van der Waals surface area contributed by atoms with Gasteiger partial charge in [-0.25, -0.2) is 8.42 Å². The zero-order valence-electron chi connectivity index (χ0n) is 15.6. The van der Waals surface area contributed by atoms with Gasteiger partial charge in [-0.1, -0.05) is 48.5 Å². The van der Waals surface area contributed by atoms with E-state index in [0.717, 1.165) is 15.3 Å². The van der Waals surface area contributed by atoms with Crippen LogP contribution in [0.3, 0.4) is 0 Å². The Kier molecular flexibility index (Phi) is 5.14. The van der Waals surface area contributed by atoms with Crippen molar-refractivity contribution in [1.29, 1.82) is 0 Å². The van der Waals surface area contributed by atoms with Crippen LogP contribution < -0.4 is 5.73 Å². The first-order valence-electron chi connectivity index (χ1n) is 9.12. The van der Waals surface area contributed by atoms with Crippen LogP contribution >= 0.6 is 0 Å². The van der Waals surface area contributed by atoms with E-state index in [1.165, 1.54) is 6.07 Å². The van der Waals surface area contributed by atoms with Crippen LogP contribution in [0.15, 0.2) is 82.1 Å². The highest BCUT2D eigenvalue weighted by Gasteiger charge is 2.32. The molecule has 1 radical (unpaired) electrons. The molecule has 3 N–H and O–H groups in total. The Bertz CT molecular complexity index is 1250. The summed E-state index contributed by atoms with van der Waals surface area (Å²) in [6.07, 6.45) is -2.48. The van der Waals surface area contributed by atoms with Crippen molar-refractivity contribution in [3.05, 3.63) is 85.3 Å². The molecule has 1 aromatic heterocycles. The van der Waals surface area contributed by atoms with Gasteiger partial charge in [-0.3, -0.25) is 0 Å². The molecule has 0 saturated carbocycles. The molecule has 149 valence electrons. The fourth-order valence-electron chi connectivity index (χ4n) is 3.31. The second-order valence-electron chi connectivity index (χ2n) is 6.85. The van der Waals surface area contributed by atoms with E-state index in [4.69, 9.17) is 10.2 Å². The minimum absolute atomic E-state index is 0.0150. The fraction of sp³-hybridized carbons (Fsp3) is 0.136. The summed E-state index contributed by atoms with van der Waals surface area (Å²) >= 11 is 0. The Morgan fingerprint density at radius 3 is 2.34 bits per heavy atom. The summed E-state index contributed by atoms with van der Waals surface area (Å²) in [5.41, 5.74) is 8.06. The Balaban J connectivity index is 1.82. The third-order valence-electron chi connectivity index (χ3n) is 4.86. The molecule has 3 aromatic carbocycles. The maximum absolute atomic E-state index is 13.5. The van der Waals surface area contributed by atoms with Gasteiger partial charge in [-0.05, 0) is 36.8 Å². The molecular formula is C22H21N2O4S. The van der Waals surface area contributed by atoms with Crippen molar-refractivity contribution in [2.45, 2.75) is 23.7 Å². The summed E-state index contributed by atoms with van der Waals surface area (Å²) in [6.45, 7) is 3.52. The Morgan fingerprint density at radius 1 is 0.966 bits per heavy atom. The van der Waals surface area contributed by atoms with E-state index < -0.39 is 22.3 Å². The smallest absolute Gasteiger partial charge is 0.244 e. The predicted molar refractivity (Wildman–Crippen MR) is 112 cm³/mol. The molecule has 0 saturated heterocycles. The minimum Gasteiger partial charge on any atom is -0.456 e. The molecule has 0 aliphatic rings. The summed E-state index contributed by atoms with van der Waals surface area (Å²) in [4.78, 5) is 0.0728. The Hall–Kier alpha value is -2.71. The molecule has 4 aromatic rings. The molecule has 0 spiro atoms. The maximum atomic E-state index is 13.5. The van der Waals surface area contributed by atoms with Crippen molar-refractivity contribution in [2.24, 2.45) is 5.73 Å². The largest absolute Gasteiger partial charge is 0.456 e. The number of nitrogens with two attached hydrogens (primary N) is 1. The predicted octanol–water partition coefficient (Wildman–Crippen LogP) is 3.26. The highest BCUT2D eigenvalue weighted by Crippen LogP contribution is 2.31. The van der Waals surface area contributed by atoms with E-state index >= 15 is 0 Å². The van der Waals surface area contributed by atoms with E-state index in [9.17, 15) is 13.5 Å². The summed E-state index contributed by atoms with van der Waals surface area (Å²) in [6, 6.07) is 21.2. The fourth-order valence-corrected chi connectivity index (χ4v) is 4.86. The van der Waals surface area contributed by atoms with Crippen molar-refractivity contribution in [3.8, 4) is 0 Å². The molecule has 0 aliphatic carbocycles. The number of hydrogen-bond donors (Lipinski definition) is 2. The summed E-state index contributed by atoms with van der Waals surface area (Å²) in [7, 11) is -4.01. The van der Waals surface area contributed by atoms with Crippen LogP contribution in [0.5, 0.6) is 0 Å². The van der Waals surface area contributed by atoms with Crippen LogP contribution in [0.25, 0.3) is 21.9 Å². The normalized spacial score (nSPS) is 14.5. The van der Waals surface area contributed by atoms with Gasteiger partial charge in [0.2, 0.25) is 10.0 Å². The second-order valence-corrected chi connectivity index (χ2v) is 8.74. The highest BCUT2D eigenvalue weighted by molar-refractivity contribution is 7.89.